The monoisotopic (exact) mass is 375 g/mol. The molecule has 2 aliphatic heterocycles. The Morgan fingerprint density at radius 2 is 1.65 bits per heavy atom. The van der Waals surface area contributed by atoms with Crippen LogP contribution < -0.4 is 4.90 Å². The second-order valence-electron chi connectivity index (χ2n) is 8.29. The number of amides is 1. The number of benzene rings is 1. The van der Waals surface area contributed by atoms with E-state index in [0.29, 0.717) is 11.3 Å². The number of para-hydroxylation sites is 1. The van der Waals surface area contributed by atoms with Crippen LogP contribution in [-0.2, 0) is 4.79 Å². The predicted molar refractivity (Wildman–Crippen MR) is 107 cm³/mol. The number of hydrogen-bond donors (Lipinski definition) is 0. The van der Waals surface area contributed by atoms with Gasteiger partial charge in [0.25, 0.3) is 0 Å². The van der Waals surface area contributed by atoms with E-state index in [9.17, 15) is 4.79 Å². The Morgan fingerprint density at radius 3 is 2.35 bits per heavy atom. The zero-order valence-electron chi connectivity index (χ0n) is 15.6. The first-order valence-corrected chi connectivity index (χ1v) is 10.5. The van der Waals surface area contributed by atoms with Gasteiger partial charge in [0.15, 0.2) is 0 Å². The maximum Gasteiger partial charge on any atom is 0.223 e. The van der Waals surface area contributed by atoms with E-state index in [1.807, 2.05) is 18.2 Å². The molecule has 4 nitrogen and oxygen atoms in total. The predicted octanol–water partition coefficient (Wildman–Crippen LogP) is 3.64. The van der Waals surface area contributed by atoms with Crippen molar-refractivity contribution < 1.29 is 4.79 Å². The van der Waals surface area contributed by atoms with Gasteiger partial charge in [0, 0.05) is 52.2 Å². The lowest BCUT2D eigenvalue weighted by atomic mass is 9.77. The molecule has 2 heterocycles. The summed E-state index contributed by atoms with van der Waals surface area (Å²) in [5.41, 5.74) is 1.51. The highest BCUT2D eigenvalue weighted by molar-refractivity contribution is 6.33. The van der Waals surface area contributed by atoms with E-state index >= 15 is 0 Å². The average molecular weight is 376 g/mol. The largest absolute Gasteiger partial charge is 0.368 e. The molecule has 26 heavy (non-hydrogen) atoms. The third-order valence-electron chi connectivity index (χ3n) is 6.71. The van der Waals surface area contributed by atoms with E-state index in [4.69, 9.17) is 11.6 Å². The van der Waals surface area contributed by atoms with E-state index in [1.165, 1.54) is 32.1 Å². The Hall–Kier alpha value is -1.26. The van der Waals surface area contributed by atoms with Crippen molar-refractivity contribution in [3.8, 4) is 0 Å². The maximum atomic E-state index is 12.6. The lowest BCUT2D eigenvalue weighted by Gasteiger charge is -2.41. The van der Waals surface area contributed by atoms with Crippen LogP contribution in [0.2, 0.25) is 5.02 Å². The van der Waals surface area contributed by atoms with Gasteiger partial charge in [-0.1, -0.05) is 36.6 Å². The quantitative estimate of drug-likeness (QED) is 0.803. The first-order valence-electron chi connectivity index (χ1n) is 10.1. The number of piperazine rings is 1. The zero-order chi connectivity index (χ0) is 18.0. The van der Waals surface area contributed by atoms with Gasteiger partial charge in [-0.3, -0.25) is 9.69 Å². The molecular formula is C21H30ClN3O. The second-order valence-corrected chi connectivity index (χ2v) is 8.70. The van der Waals surface area contributed by atoms with E-state index in [1.54, 1.807) is 0 Å². The van der Waals surface area contributed by atoms with Crippen molar-refractivity contribution in [1.82, 2.24) is 9.80 Å². The van der Waals surface area contributed by atoms with Crippen LogP contribution >= 0.6 is 11.6 Å². The van der Waals surface area contributed by atoms with Crippen LogP contribution in [0.25, 0.3) is 0 Å². The van der Waals surface area contributed by atoms with Gasteiger partial charge >= 0.3 is 0 Å². The molecule has 5 heteroatoms. The number of carbonyl (C=O) groups is 1. The minimum atomic E-state index is 0.369. The molecule has 0 unspecified atom stereocenters. The van der Waals surface area contributed by atoms with Gasteiger partial charge < -0.3 is 9.80 Å². The molecule has 1 spiro atoms. The number of nitrogens with zero attached hydrogens (tertiary/aromatic N) is 3. The summed E-state index contributed by atoms with van der Waals surface area (Å²) in [5, 5.41) is 0.834. The van der Waals surface area contributed by atoms with Gasteiger partial charge in [-0.05, 0) is 36.8 Å². The summed E-state index contributed by atoms with van der Waals surface area (Å²) < 4.78 is 0. The molecule has 4 rings (SSSR count). The zero-order valence-corrected chi connectivity index (χ0v) is 16.4. The van der Waals surface area contributed by atoms with Crippen LogP contribution in [0.15, 0.2) is 24.3 Å². The molecule has 1 saturated carbocycles. The summed E-state index contributed by atoms with van der Waals surface area (Å²) in [6.45, 7) is 6.94. The van der Waals surface area contributed by atoms with Gasteiger partial charge in [-0.15, -0.1) is 0 Å². The van der Waals surface area contributed by atoms with Crippen molar-refractivity contribution in [2.75, 3.05) is 50.7 Å². The molecule has 0 bridgehead atoms. The van der Waals surface area contributed by atoms with Crippen molar-refractivity contribution in [1.29, 1.82) is 0 Å². The van der Waals surface area contributed by atoms with Crippen LogP contribution in [-0.4, -0.2) is 61.5 Å². The van der Waals surface area contributed by atoms with Crippen molar-refractivity contribution in [2.45, 2.75) is 38.5 Å². The van der Waals surface area contributed by atoms with Crippen molar-refractivity contribution >= 4 is 23.2 Å². The summed E-state index contributed by atoms with van der Waals surface area (Å²) in [7, 11) is 0. The molecule has 3 aliphatic rings. The van der Waals surface area contributed by atoms with Crippen LogP contribution in [0.4, 0.5) is 5.69 Å². The van der Waals surface area contributed by atoms with Crippen LogP contribution in [0.3, 0.4) is 0 Å². The topological polar surface area (TPSA) is 26.8 Å². The van der Waals surface area contributed by atoms with E-state index in [-0.39, 0.29) is 0 Å². The highest BCUT2D eigenvalue weighted by atomic mass is 35.5. The normalized spacial score (nSPS) is 23.8. The van der Waals surface area contributed by atoms with Gasteiger partial charge in [0.05, 0.1) is 10.7 Å². The molecule has 0 aromatic heterocycles. The lowest BCUT2D eigenvalue weighted by Crippen LogP contribution is -2.50. The fourth-order valence-electron chi connectivity index (χ4n) is 4.99. The van der Waals surface area contributed by atoms with Crippen molar-refractivity contribution in [3.05, 3.63) is 29.3 Å². The molecule has 1 aromatic rings. The van der Waals surface area contributed by atoms with Crippen LogP contribution in [0.1, 0.15) is 38.5 Å². The van der Waals surface area contributed by atoms with E-state index in [2.05, 4.69) is 20.8 Å². The van der Waals surface area contributed by atoms with Crippen molar-refractivity contribution in [3.63, 3.8) is 0 Å². The van der Waals surface area contributed by atoms with Crippen LogP contribution in [0.5, 0.6) is 0 Å². The summed E-state index contributed by atoms with van der Waals surface area (Å²) in [4.78, 5) is 19.6. The average Bonchev–Trinajstić information content (AvgIpc) is 3.10. The van der Waals surface area contributed by atoms with Gasteiger partial charge in [0.1, 0.15) is 0 Å². The molecule has 0 N–H and O–H groups in total. The molecule has 3 fully saturated rings. The number of anilines is 1. The van der Waals surface area contributed by atoms with Gasteiger partial charge in [-0.2, -0.15) is 0 Å². The summed E-state index contributed by atoms with van der Waals surface area (Å²) in [5.74, 6) is 0.396. The van der Waals surface area contributed by atoms with Crippen molar-refractivity contribution in [2.24, 2.45) is 5.41 Å². The Balaban J connectivity index is 1.23. The molecule has 0 atom stereocenters. The standard InChI is InChI=1S/C21H30ClN3O/c22-18-5-1-2-6-19(18)24-14-11-23(12-15-24)13-16-25-10-9-21(17-20(25)26)7-3-4-8-21/h1-2,5-6H,3-4,7-17H2. The number of halogens is 1. The summed E-state index contributed by atoms with van der Waals surface area (Å²) in [6.07, 6.45) is 7.21. The minimum absolute atomic E-state index is 0.369. The highest BCUT2D eigenvalue weighted by Crippen LogP contribution is 2.46. The Kier molecular flexibility index (Phi) is 5.42. The number of likely N-dealkylation sites (tertiary alicyclic amines) is 1. The first kappa shape index (κ1) is 18.1. The lowest BCUT2D eigenvalue weighted by molar-refractivity contribution is -0.138. The molecule has 0 radical (unpaired) electrons. The molecule has 1 aliphatic carbocycles. The van der Waals surface area contributed by atoms with Gasteiger partial charge in [-0.25, -0.2) is 0 Å². The molecule has 2 saturated heterocycles. The van der Waals surface area contributed by atoms with Crippen LogP contribution in [0, 0.1) is 5.41 Å². The number of carbonyl (C=O) groups excluding carboxylic acids is 1. The summed E-state index contributed by atoms with van der Waals surface area (Å²) >= 11 is 6.32. The fourth-order valence-corrected chi connectivity index (χ4v) is 5.24. The maximum absolute atomic E-state index is 12.6. The SMILES string of the molecule is O=C1CC2(CCCC2)CCN1CCN1CCN(c2ccccc2Cl)CC1. The number of hydrogen-bond acceptors (Lipinski definition) is 3. The highest BCUT2D eigenvalue weighted by Gasteiger charge is 2.40. The number of rotatable bonds is 4. The molecule has 1 aromatic carbocycles. The minimum Gasteiger partial charge on any atom is -0.368 e. The third kappa shape index (κ3) is 3.86. The Bertz CT molecular complexity index is 636. The summed E-state index contributed by atoms with van der Waals surface area (Å²) in [6, 6.07) is 8.09. The Labute approximate surface area is 162 Å². The smallest absolute Gasteiger partial charge is 0.223 e. The second kappa shape index (κ2) is 7.77. The first-order chi connectivity index (χ1) is 12.7. The molecule has 142 valence electrons. The van der Waals surface area contributed by atoms with E-state index in [0.717, 1.165) is 62.9 Å². The molecule has 1 amide bonds. The third-order valence-corrected chi connectivity index (χ3v) is 7.03. The number of piperidine rings is 1. The fraction of sp³-hybridized carbons (Fsp3) is 0.667. The van der Waals surface area contributed by atoms with Gasteiger partial charge in [0.2, 0.25) is 5.91 Å². The van der Waals surface area contributed by atoms with E-state index < -0.39 is 0 Å². The molecular weight excluding hydrogens is 346 g/mol. The Morgan fingerprint density at radius 1 is 0.923 bits per heavy atom.